The summed E-state index contributed by atoms with van der Waals surface area (Å²) in [5.41, 5.74) is 6.96. The Morgan fingerprint density at radius 1 is 1.26 bits per heavy atom. The van der Waals surface area contributed by atoms with Crippen LogP contribution in [-0.4, -0.2) is 46.9 Å². The number of nitrogens with one attached hydrogen (secondary N) is 2. The zero-order valence-electron chi connectivity index (χ0n) is 14.5. The summed E-state index contributed by atoms with van der Waals surface area (Å²) in [5.74, 6) is 0.768. The molecule has 12 heteroatoms. The van der Waals surface area contributed by atoms with Crippen LogP contribution >= 0.6 is 12.4 Å². The van der Waals surface area contributed by atoms with Gasteiger partial charge in [0.2, 0.25) is 5.91 Å². The van der Waals surface area contributed by atoms with Crippen molar-refractivity contribution in [2.24, 2.45) is 16.8 Å². The van der Waals surface area contributed by atoms with Gasteiger partial charge in [-0.25, -0.2) is 10.1 Å². The monoisotopic (exact) mass is 415 g/mol. The summed E-state index contributed by atoms with van der Waals surface area (Å²) in [6, 6.07) is 7.15. The molecule has 1 saturated heterocycles. The van der Waals surface area contributed by atoms with Crippen LogP contribution in [0.2, 0.25) is 0 Å². The van der Waals surface area contributed by atoms with E-state index < -0.39 is 10.2 Å². The highest BCUT2D eigenvalue weighted by Gasteiger charge is 2.29. The number of nitrogens with zero attached hydrogens (tertiary/aromatic N) is 3. The largest absolute Gasteiger partial charge is 0.326 e. The van der Waals surface area contributed by atoms with E-state index in [9.17, 15) is 13.2 Å². The van der Waals surface area contributed by atoms with Crippen molar-refractivity contribution in [1.29, 1.82) is 0 Å². The molecule has 27 heavy (non-hydrogen) atoms. The molecular weight excluding hydrogens is 394 g/mol. The number of hydrogen-bond donors (Lipinski definition) is 4. The summed E-state index contributed by atoms with van der Waals surface area (Å²) >= 11 is 0. The van der Waals surface area contributed by atoms with E-state index in [0.29, 0.717) is 30.2 Å². The second-order valence-corrected chi connectivity index (χ2v) is 7.64. The Hall–Kier alpha value is -2.05. The molecule has 0 bridgehead atoms. The Kier molecular flexibility index (Phi) is 6.89. The molecule has 0 atom stereocenters. The van der Waals surface area contributed by atoms with Crippen LogP contribution in [0.3, 0.4) is 0 Å². The number of aromatic nitrogens is 3. The zero-order valence-corrected chi connectivity index (χ0v) is 16.1. The summed E-state index contributed by atoms with van der Waals surface area (Å²) in [6.45, 7) is 0.791. The van der Waals surface area contributed by atoms with Gasteiger partial charge < -0.3 is 11.1 Å². The fourth-order valence-electron chi connectivity index (χ4n) is 2.84. The van der Waals surface area contributed by atoms with E-state index in [1.807, 2.05) is 12.1 Å². The number of hydrogen-bond acceptors (Lipinski definition) is 6. The first-order valence-corrected chi connectivity index (χ1v) is 9.67. The molecule has 1 aliphatic rings. The normalized spacial score (nSPS) is 15.9. The zero-order chi connectivity index (χ0) is 18.7. The quantitative estimate of drug-likeness (QED) is 0.545. The number of benzene rings is 1. The molecule has 2 heterocycles. The summed E-state index contributed by atoms with van der Waals surface area (Å²) in [4.78, 5) is 16.6. The molecule has 1 aliphatic heterocycles. The number of amides is 1. The van der Waals surface area contributed by atoms with Crippen molar-refractivity contribution in [3.05, 3.63) is 30.1 Å². The third kappa shape index (κ3) is 5.23. The molecule has 2 aromatic rings. The fraction of sp³-hybridized carbons (Fsp3) is 0.400. The smallest absolute Gasteiger partial charge is 0.276 e. The second-order valence-electron chi connectivity index (χ2n) is 6.09. The number of carbonyl (C=O) groups excluding carboxylic acids is 1. The highest BCUT2D eigenvalue weighted by Crippen LogP contribution is 2.22. The van der Waals surface area contributed by atoms with Gasteiger partial charge in [-0.15, -0.1) is 12.4 Å². The highest BCUT2D eigenvalue weighted by atomic mass is 35.5. The van der Waals surface area contributed by atoms with E-state index in [2.05, 4.69) is 20.5 Å². The highest BCUT2D eigenvalue weighted by molar-refractivity contribution is 7.86. The minimum Gasteiger partial charge on any atom is -0.326 e. The average Bonchev–Trinajstić information content (AvgIpc) is 3.11. The van der Waals surface area contributed by atoms with Crippen molar-refractivity contribution in [3.63, 3.8) is 0 Å². The Labute approximate surface area is 163 Å². The van der Waals surface area contributed by atoms with Gasteiger partial charge in [0.1, 0.15) is 5.82 Å². The topological polar surface area (TPSA) is 160 Å². The molecule has 10 nitrogen and oxygen atoms in total. The van der Waals surface area contributed by atoms with Crippen molar-refractivity contribution in [2.75, 3.05) is 18.4 Å². The number of H-pyrrole nitrogens is 1. The van der Waals surface area contributed by atoms with E-state index in [1.54, 1.807) is 12.1 Å². The molecule has 0 saturated carbocycles. The minimum atomic E-state index is -3.69. The van der Waals surface area contributed by atoms with Crippen LogP contribution in [0.4, 0.5) is 5.69 Å². The van der Waals surface area contributed by atoms with Crippen molar-refractivity contribution in [2.45, 2.75) is 19.4 Å². The van der Waals surface area contributed by atoms with Crippen LogP contribution in [0, 0.1) is 5.92 Å². The van der Waals surface area contributed by atoms with Crippen LogP contribution in [0.5, 0.6) is 0 Å². The van der Waals surface area contributed by atoms with Gasteiger partial charge >= 0.3 is 0 Å². The van der Waals surface area contributed by atoms with E-state index in [4.69, 9.17) is 10.9 Å². The lowest BCUT2D eigenvalue weighted by molar-refractivity contribution is -0.120. The van der Waals surface area contributed by atoms with Crippen LogP contribution in [-0.2, 0) is 21.5 Å². The summed E-state index contributed by atoms with van der Waals surface area (Å²) in [7, 11) is -3.69. The number of aromatic amines is 1. The lowest BCUT2D eigenvalue weighted by atomic mass is 9.97. The summed E-state index contributed by atoms with van der Waals surface area (Å²) < 4.78 is 23.8. The van der Waals surface area contributed by atoms with Crippen LogP contribution < -0.4 is 16.2 Å². The van der Waals surface area contributed by atoms with Crippen molar-refractivity contribution in [1.82, 2.24) is 19.5 Å². The second kappa shape index (κ2) is 8.76. The molecule has 1 amide bonds. The molecule has 0 unspecified atom stereocenters. The van der Waals surface area contributed by atoms with Crippen LogP contribution in [0.15, 0.2) is 24.3 Å². The van der Waals surface area contributed by atoms with E-state index in [-0.39, 0.29) is 43.9 Å². The fourth-order valence-corrected chi connectivity index (χ4v) is 3.55. The van der Waals surface area contributed by atoms with Crippen molar-refractivity contribution < 1.29 is 13.2 Å². The molecule has 1 aromatic heterocycles. The first kappa shape index (κ1) is 21.3. The van der Waals surface area contributed by atoms with Gasteiger partial charge in [-0.3, -0.25) is 9.89 Å². The summed E-state index contributed by atoms with van der Waals surface area (Å²) in [5, 5.41) is 14.8. The summed E-state index contributed by atoms with van der Waals surface area (Å²) in [6.07, 6.45) is 0.888. The molecule has 6 N–H and O–H groups in total. The maximum absolute atomic E-state index is 12.4. The number of carbonyl (C=O) groups is 1. The third-order valence-electron chi connectivity index (χ3n) is 4.32. The van der Waals surface area contributed by atoms with E-state index in [1.165, 1.54) is 4.31 Å². The predicted molar refractivity (Wildman–Crippen MR) is 103 cm³/mol. The molecule has 3 rings (SSSR count). The van der Waals surface area contributed by atoms with Crippen molar-refractivity contribution in [3.8, 4) is 11.4 Å². The molecule has 1 aromatic carbocycles. The van der Waals surface area contributed by atoms with Crippen molar-refractivity contribution >= 4 is 34.2 Å². The number of piperidine rings is 1. The van der Waals surface area contributed by atoms with Gasteiger partial charge in [-0.1, -0.05) is 0 Å². The molecular formula is C15H22ClN7O3S. The predicted octanol–water partition coefficient (Wildman–Crippen LogP) is 0.206. The Morgan fingerprint density at radius 2 is 1.89 bits per heavy atom. The average molecular weight is 416 g/mol. The van der Waals surface area contributed by atoms with E-state index in [0.717, 1.165) is 5.56 Å². The molecule has 0 radical (unpaired) electrons. The van der Waals surface area contributed by atoms with Crippen LogP contribution in [0.25, 0.3) is 11.4 Å². The number of rotatable bonds is 5. The Balaban J connectivity index is 0.00000261. The number of halogens is 1. The first-order valence-electron chi connectivity index (χ1n) is 8.17. The molecule has 0 spiro atoms. The minimum absolute atomic E-state index is 0. The number of nitrogens with two attached hydrogens (primary N) is 2. The molecule has 0 aliphatic carbocycles. The maximum atomic E-state index is 12.4. The molecule has 1 fully saturated rings. The van der Waals surface area contributed by atoms with Gasteiger partial charge in [-0.05, 0) is 37.1 Å². The van der Waals surface area contributed by atoms with Gasteiger partial charge in [0.15, 0.2) is 5.82 Å². The maximum Gasteiger partial charge on any atom is 0.276 e. The Morgan fingerprint density at radius 3 is 2.41 bits per heavy atom. The first-order chi connectivity index (χ1) is 12.4. The molecule has 148 valence electrons. The van der Waals surface area contributed by atoms with Crippen LogP contribution in [0.1, 0.15) is 18.7 Å². The lowest BCUT2D eigenvalue weighted by Crippen LogP contribution is -2.44. The SMILES string of the molecule is Cl.NCc1nc(-c2ccc(NC(=O)C3CCN(S(N)(=O)=O)CC3)cc2)n[nH]1. The lowest BCUT2D eigenvalue weighted by Gasteiger charge is -2.29. The van der Waals surface area contributed by atoms with Gasteiger partial charge in [0, 0.05) is 30.3 Å². The van der Waals surface area contributed by atoms with Gasteiger partial charge in [-0.2, -0.15) is 17.8 Å². The number of anilines is 1. The van der Waals surface area contributed by atoms with Gasteiger partial charge in [0.05, 0.1) is 6.54 Å². The standard InChI is InChI=1S/C15H21N7O3S.ClH/c16-9-13-19-14(21-20-13)10-1-3-12(4-2-10)18-15(23)11-5-7-22(8-6-11)26(17,24)25;/h1-4,11H,5-9,16H2,(H,18,23)(H2,17,24,25)(H,19,20,21);1H. The Bertz CT molecular complexity index is 877. The third-order valence-corrected chi connectivity index (χ3v) is 5.41. The van der Waals surface area contributed by atoms with E-state index >= 15 is 0 Å². The van der Waals surface area contributed by atoms with Gasteiger partial charge in [0.25, 0.3) is 10.2 Å².